The van der Waals surface area contributed by atoms with Gasteiger partial charge in [0.25, 0.3) is 0 Å². The molecule has 170 valence electrons. The van der Waals surface area contributed by atoms with Crippen molar-refractivity contribution in [2.75, 3.05) is 0 Å². The van der Waals surface area contributed by atoms with E-state index >= 15 is 0 Å². The summed E-state index contributed by atoms with van der Waals surface area (Å²) in [5.74, 6) is 0.489. The summed E-state index contributed by atoms with van der Waals surface area (Å²) in [6.45, 7) is 0. The molecule has 1 aliphatic rings. The largest absolute Gasteiger partial charge is 0.355 e. The van der Waals surface area contributed by atoms with E-state index in [9.17, 15) is 4.79 Å². The zero-order valence-electron chi connectivity index (χ0n) is 19.3. The molecule has 0 saturated heterocycles. The quantitative estimate of drug-likeness (QED) is 0.288. The van der Waals surface area contributed by atoms with Crippen LogP contribution in [0.2, 0.25) is 0 Å². The number of aromatic nitrogens is 4. The molecule has 1 aliphatic carbocycles. The number of pyridine rings is 1. The van der Waals surface area contributed by atoms with Crippen molar-refractivity contribution in [1.29, 1.82) is 0 Å². The molecule has 0 N–H and O–H groups in total. The Morgan fingerprint density at radius 2 is 1.44 bits per heavy atom. The van der Waals surface area contributed by atoms with Crippen LogP contribution in [-0.2, 0) is 0 Å². The Kier molecular flexibility index (Phi) is 3.86. The molecular formula is C31H20N4O. The monoisotopic (exact) mass is 464 g/mol. The summed E-state index contributed by atoms with van der Waals surface area (Å²) in [7, 11) is 0. The van der Waals surface area contributed by atoms with Crippen molar-refractivity contribution in [2.45, 2.75) is 12.8 Å². The van der Waals surface area contributed by atoms with Crippen molar-refractivity contribution in [3.8, 4) is 11.1 Å². The van der Waals surface area contributed by atoms with E-state index in [1.165, 1.54) is 38.1 Å². The SMILES string of the molecule is O=c1nc(C2=CCCC=C2)nc2ccc(-c3cc4c5ccccc5n5c6ccccc6c(c3)c45)cn12. The third-order valence-corrected chi connectivity index (χ3v) is 7.35. The first-order valence-corrected chi connectivity index (χ1v) is 12.2. The Balaban J connectivity index is 1.39. The number of para-hydroxylation sites is 2. The van der Waals surface area contributed by atoms with Crippen molar-refractivity contribution in [3.63, 3.8) is 0 Å². The summed E-state index contributed by atoms with van der Waals surface area (Å²) >= 11 is 0. The highest BCUT2D eigenvalue weighted by Gasteiger charge is 2.18. The molecule has 5 nitrogen and oxygen atoms in total. The fourth-order valence-electron chi connectivity index (χ4n) is 5.71. The van der Waals surface area contributed by atoms with Crippen molar-refractivity contribution >= 4 is 49.3 Å². The van der Waals surface area contributed by atoms with Gasteiger partial charge in [0.2, 0.25) is 0 Å². The molecule has 4 aromatic heterocycles. The fraction of sp³-hybridized carbons (Fsp3) is 0.0645. The third kappa shape index (κ3) is 2.62. The lowest BCUT2D eigenvalue weighted by atomic mass is 10.0. The second-order valence-electron chi connectivity index (χ2n) is 9.40. The Labute approximate surface area is 205 Å². The number of allylic oxidation sites excluding steroid dienone is 4. The van der Waals surface area contributed by atoms with E-state index < -0.39 is 0 Å². The number of hydrogen-bond donors (Lipinski definition) is 0. The number of benzene rings is 3. The van der Waals surface area contributed by atoms with Crippen LogP contribution in [0, 0.1) is 0 Å². The first-order chi connectivity index (χ1) is 17.8. The van der Waals surface area contributed by atoms with E-state index in [2.05, 4.69) is 87.2 Å². The van der Waals surface area contributed by atoms with Crippen molar-refractivity contribution in [1.82, 2.24) is 18.8 Å². The summed E-state index contributed by atoms with van der Waals surface area (Å²) in [5, 5.41) is 4.88. The van der Waals surface area contributed by atoms with E-state index in [1.54, 1.807) is 4.40 Å². The average molecular weight is 465 g/mol. The van der Waals surface area contributed by atoms with E-state index in [1.807, 2.05) is 24.4 Å². The van der Waals surface area contributed by atoms with Crippen LogP contribution in [0.4, 0.5) is 0 Å². The first kappa shape index (κ1) is 19.5. The molecular weight excluding hydrogens is 444 g/mol. The molecule has 8 rings (SSSR count). The van der Waals surface area contributed by atoms with E-state index in [4.69, 9.17) is 0 Å². The molecule has 0 saturated carbocycles. The highest BCUT2D eigenvalue weighted by atomic mass is 16.1. The highest BCUT2D eigenvalue weighted by Crippen LogP contribution is 2.41. The summed E-state index contributed by atoms with van der Waals surface area (Å²) < 4.78 is 3.92. The minimum absolute atomic E-state index is 0.315. The summed E-state index contributed by atoms with van der Waals surface area (Å²) in [4.78, 5) is 22.0. The number of nitrogens with zero attached hydrogens (tertiary/aromatic N) is 4. The third-order valence-electron chi connectivity index (χ3n) is 7.35. The molecule has 36 heavy (non-hydrogen) atoms. The van der Waals surface area contributed by atoms with Gasteiger partial charge in [0, 0.05) is 33.3 Å². The van der Waals surface area contributed by atoms with Crippen LogP contribution in [-0.4, -0.2) is 18.8 Å². The number of rotatable bonds is 2. The van der Waals surface area contributed by atoms with Crippen molar-refractivity contribution in [2.24, 2.45) is 0 Å². The van der Waals surface area contributed by atoms with Gasteiger partial charge in [-0.1, -0.05) is 54.6 Å². The second-order valence-corrected chi connectivity index (χ2v) is 9.40. The molecule has 7 aromatic rings. The summed E-state index contributed by atoms with van der Waals surface area (Å²) in [6.07, 6.45) is 9.99. The van der Waals surface area contributed by atoms with E-state index in [-0.39, 0.29) is 5.69 Å². The molecule has 3 aromatic carbocycles. The van der Waals surface area contributed by atoms with Crippen LogP contribution in [0.5, 0.6) is 0 Å². The zero-order valence-corrected chi connectivity index (χ0v) is 19.3. The maximum absolute atomic E-state index is 13.0. The lowest BCUT2D eigenvalue weighted by Crippen LogP contribution is -2.20. The van der Waals surface area contributed by atoms with E-state index in [0.717, 1.165) is 29.5 Å². The molecule has 0 radical (unpaired) electrons. The Morgan fingerprint density at radius 1 is 0.722 bits per heavy atom. The van der Waals surface area contributed by atoms with Gasteiger partial charge < -0.3 is 4.40 Å². The average Bonchev–Trinajstić information content (AvgIpc) is 3.45. The molecule has 4 heterocycles. The normalized spacial score (nSPS) is 14.1. The van der Waals surface area contributed by atoms with Gasteiger partial charge in [0.15, 0.2) is 5.82 Å². The lowest BCUT2D eigenvalue weighted by molar-refractivity contribution is 0.922. The summed E-state index contributed by atoms with van der Waals surface area (Å²) in [6, 6.07) is 25.5. The minimum atomic E-state index is -0.315. The van der Waals surface area contributed by atoms with Crippen LogP contribution < -0.4 is 5.69 Å². The zero-order chi connectivity index (χ0) is 23.8. The van der Waals surface area contributed by atoms with Crippen LogP contribution in [0.1, 0.15) is 18.7 Å². The van der Waals surface area contributed by atoms with Crippen LogP contribution >= 0.6 is 0 Å². The van der Waals surface area contributed by atoms with Gasteiger partial charge in [0.1, 0.15) is 5.65 Å². The minimum Gasteiger partial charge on any atom is -0.308 e. The molecule has 0 amide bonds. The molecule has 0 aliphatic heterocycles. The predicted octanol–water partition coefficient (Wildman–Crippen LogP) is 6.64. The maximum atomic E-state index is 13.0. The highest BCUT2D eigenvalue weighted by molar-refractivity contribution is 6.24. The van der Waals surface area contributed by atoms with Crippen LogP contribution in [0.25, 0.3) is 60.4 Å². The van der Waals surface area contributed by atoms with Gasteiger partial charge in [0.05, 0.1) is 16.6 Å². The lowest BCUT2D eigenvalue weighted by Gasteiger charge is -2.09. The molecule has 0 bridgehead atoms. The molecule has 5 heteroatoms. The smallest absolute Gasteiger partial charge is 0.308 e. The molecule has 0 atom stereocenters. The van der Waals surface area contributed by atoms with Crippen LogP contribution in [0.3, 0.4) is 0 Å². The Hall–Kier alpha value is -4.77. The Bertz CT molecular complexity index is 2040. The molecule has 0 spiro atoms. The second kappa shape index (κ2) is 7.12. The number of hydrogen-bond acceptors (Lipinski definition) is 3. The topological polar surface area (TPSA) is 51.7 Å². The summed E-state index contributed by atoms with van der Waals surface area (Å²) in [5.41, 5.74) is 6.86. The van der Waals surface area contributed by atoms with E-state index in [0.29, 0.717) is 11.5 Å². The van der Waals surface area contributed by atoms with Gasteiger partial charge in [-0.05, 0) is 60.4 Å². The van der Waals surface area contributed by atoms with Crippen molar-refractivity contribution in [3.05, 3.63) is 114 Å². The van der Waals surface area contributed by atoms with Crippen LogP contribution in [0.15, 0.2) is 102 Å². The number of fused-ring (bicyclic) bond motifs is 7. The standard InChI is InChI=1S/C31H20N4O/c36-31-33-30(19-8-2-1-3-9-19)32-28-15-14-20(18-34(28)31)21-16-24-22-10-4-6-12-26(22)35-27-13-7-5-11-23(27)25(17-21)29(24)35/h2,4-18H,1,3H2. The van der Waals surface area contributed by atoms with Gasteiger partial charge in [-0.3, -0.25) is 4.40 Å². The van der Waals surface area contributed by atoms with Gasteiger partial charge in [-0.2, -0.15) is 4.98 Å². The van der Waals surface area contributed by atoms with Gasteiger partial charge in [-0.25, -0.2) is 9.78 Å². The van der Waals surface area contributed by atoms with Gasteiger partial charge >= 0.3 is 5.69 Å². The maximum Gasteiger partial charge on any atom is 0.355 e. The molecule has 0 unspecified atom stereocenters. The van der Waals surface area contributed by atoms with Crippen molar-refractivity contribution < 1.29 is 0 Å². The van der Waals surface area contributed by atoms with Gasteiger partial charge in [-0.15, -0.1) is 0 Å². The fourth-order valence-corrected chi connectivity index (χ4v) is 5.71. The Morgan fingerprint density at radius 3 is 2.14 bits per heavy atom. The first-order valence-electron chi connectivity index (χ1n) is 12.2. The molecule has 0 fully saturated rings. The predicted molar refractivity (Wildman–Crippen MR) is 146 cm³/mol.